The summed E-state index contributed by atoms with van der Waals surface area (Å²) >= 11 is 0. The Morgan fingerprint density at radius 2 is 2.05 bits per heavy atom. The number of aliphatic hydroxyl groups is 1. The lowest BCUT2D eigenvalue weighted by Gasteiger charge is -2.39. The number of anilines is 2. The first-order chi connectivity index (χ1) is 9.07. The molecule has 1 saturated carbocycles. The molecule has 19 heavy (non-hydrogen) atoms. The maximum absolute atomic E-state index is 9.76. The fraction of sp³-hybridized carbons (Fsp3) is 0.600. The van der Waals surface area contributed by atoms with Gasteiger partial charge in [0.25, 0.3) is 0 Å². The Hall–Kier alpha value is -1.42. The molecule has 1 aromatic carbocycles. The van der Waals surface area contributed by atoms with Crippen LogP contribution in [0.4, 0.5) is 11.4 Å². The molecule has 2 rings (SSSR count). The molecule has 0 spiro atoms. The standard InChI is InChI=1S/C15H24N2O2/c1-11-3-5-15(10-18,6-4-11)17-13-7-12(16)8-14(9-13)19-2/h7-9,11,17-18H,3-6,10,16H2,1-2H3. The summed E-state index contributed by atoms with van der Waals surface area (Å²) < 4.78 is 5.23. The van der Waals surface area contributed by atoms with E-state index in [4.69, 9.17) is 10.5 Å². The van der Waals surface area contributed by atoms with Gasteiger partial charge in [-0.15, -0.1) is 0 Å². The van der Waals surface area contributed by atoms with Crippen LogP contribution < -0.4 is 15.8 Å². The van der Waals surface area contributed by atoms with E-state index in [1.54, 1.807) is 13.2 Å². The van der Waals surface area contributed by atoms with Crippen LogP contribution in [0.25, 0.3) is 0 Å². The van der Waals surface area contributed by atoms with Gasteiger partial charge in [-0.1, -0.05) is 6.92 Å². The summed E-state index contributed by atoms with van der Waals surface area (Å²) in [5.74, 6) is 1.48. The lowest BCUT2D eigenvalue weighted by atomic mass is 9.77. The van der Waals surface area contributed by atoms with E-state index in [0.717, 1.165) is 43.0 Å². The van der Waals surface area contributed by atoms with Gasteiger partial charge < -0.3 is 20.9 Å². The van der Waals surface area contributed by atoms with E-state index in [1.807, 2.05) is 12.1 Å². The van der Waals surface area contributed by atoms with Crippen molar-refractivity contribution >= 4 is 11.4 Å². The molecule has 4 nitrogen and oxygen atoms in total. The second kappa shape index (κ2) is 5.70. The van der Waals surface area contributed by atoms with E-state index in [0.29, 0.717) is 5.69 Å². The van der Waals surface area contributed by atoms with Crippen molar-refractivity contribution in [2.45, 2.75) is 38.1 Å². The third kappa shape index (κ3) is 3.32. The molecular formula is C15H24N2O2. The summed E-state index contributed by atoms with van der Waals surface area (Å²) in [4.78, 5) is 0. The number of nitrogens with one attached hydrogen (secondary N) is 1. The van der Waals surface area contributed by atoms with Crippen molar-refractivity contribution in [2.75, 3.05) is 24.8 Å². The molecule has 1 fully saturated rings. The van der Waals surface area contributed by atoms with Gasteiger partial charge in [-0.05, 0) is 37.7 Å². The Morgan fingerprint density at radius 1 is 1.37 bits per heavy atom. The third-order valence-electron chi connectivity index (χ3n) is 4.11. The van der Waals surface area contributed by atoms with Gasteiger partial charge in [0.15, 0.2) is 0 Å². The van der Waals surface area contributed by atoms with Crippen LogP contribution >= 0.6 is 0 Å². The van der Waals surface area contributed by atoms with Crippen molar-refractivity contribution in [1.29, 1.82) is 0 Å². The lowest BCUT2D eigenvalue weighted by Crippen LogP contribution is -2.45. The summed E-state index contributed by atoms with van der Waals surface area (Å²) in [7, 11) is 1.63. The maximum Gasteiger partial charge on any atom is 0.122 e. The molecule has 1 aromatic rings. The summed E-state index contributed by atoms with van der Waals surface area (Å²) in [5.41, 5.74) is 7.23. The Balaban J connectivity index is 2.16. The average molecular weight is 264 g/mol. The van der Waals surface area contributed by atoms with Gasteiger partial charge in [-0.25, -0.2) is 0 Å². The smallest absolute Gasteiger partial charge is 0.122 e. The molecule has 0 heterocycles. The molecule has 0 bridgehead atoms. The largest absolute Gasteiger partial charge is 0.497 e. The number of methoxy groups -OCH3 is 1. The van der Waals surface area contributed by atoms with E-state index in [9.17, 15) is 5.11 Å². The zero-order valence-corrected chi connectivity index (χ0v) is 11.8. The Kier molecular flexibility index (Phi) is 4.20. The molecular weight excluding hydrogens is 240 g/mol. The van der Waals surface area contributed by atoms with Crippen molar-refractivity contribution in [3.63, 3.8) is 0 Å². The van der Waals surface area contributed by atoms with Crippen LogP contribution in [0.5, 0.6) is 5.75 Å². The van der Waals surface area contributed by atoms with Gasteiger partial charge in [0.2, 0.25) is 0 Å². The molecule has 1 aliphatic rings. The average Bonchev–Trinajstić information content (AvgIpc) is 2.41. The predicted molar refractivity (Wildman–Crippen MR) is 78.5 cm³/mol. The van der Waals surface area contributed by atoms with Crippen molar-refractivity contribution in [3.8, 4) is 5.75 Å². The van der Waals surface area contributed by atoms with Gasteiger partial charge in [0, 0.05) is 23.5 Å². The van der Waals surface area contributed by atoms with Crippen LogP contribution in [0.2, 0.25) is 0 Å². The first-order valence-corrected chi connectivity index (χ1v) is 6.90. The van der Waals surface area contributed by atoms with Crippen LogP contribution in [0, 0.1) is 5.92 Å². The molecule has 0 atom stereocenters. The first-order valence-electron chi connectivity index (χ1n) is 6.90. The second-order valence-corrected chi connectivity index (χ2v) is 5.74. The fourth-order valence-corrected chi connectivity index (χ4v) is 2.76. The summed E-state index contributed by atoms with van der Waals surface area (Å²) in [6, 6.07) is 5.60. The number of benzene rings is 1. The fourth-order valence-electron chi connectivity index (χ4n) is 2.76. The highest BCUT2D eigenvalue weighted by Crippen LogP contribution is 2.35. The van der Waals surface area contributed by atoms with Crippen LogP contribution in [0.15, 0.2) is 18.2 Å². The minimum Gasteiger partial charge on any atom is -0.497 e. The highest BCUT2D eigenvalue weighted by Gasteiger charge is 2.33. The summed E-state index contributed by atoms with van der Waals surface area (Å²) in [5, 5.41) is 13.2. The number of rotatable bonds is 4. The monoisotopic (exact) mass is 264 g/mol. The summed E-state index contributed by atoms with van der Waals surface area (Å²) in [6.07, 6.45) is 4.27. The Morgan fingerprint density at radius 3 is 2.63 bits per heavy atom. The van der Waals surface area contributed by atoms with Crippen LogP contribution in [-0.4, -0.2) is 24.4 Å². The molecule has 0 unspecified atom stereocenters. The minimum atomic E-state index is -0.217. The van der Waals surface area contributed by atoms with Gasteiger partial charge in [-0.3, -0.25) is 0 Å². The number of nitrogens with two attached hydrogens (primary N) is 1. The van der Waals surface area contributed by atoms with Crippen LogP contribution in [0.3, 0.4) is 0 Å². The zero-order chi connectivity index (χ0) is 13.9. The molecule has 4 heteroatoms. The molecule has 4 N–H and O–H groups in total. The van der Waals surface area contributed by atoms with E-state index in [2.05, 4.69) is 12.2 Å². The van der Waals surface area contributed by atoms with E-state index < -0.39 is 0 Å². The highest BCUT2D eigenvalue weighted by atomic mass is 16.5. The third-order valence-corrected chi connectivity index (χ3v) is 4.11. The predicted octanol–water partition coefficient (Wildman–Crippen LogP) is 2.63. The topological polar surface area (TPSA) is 67.5 Å². The number of hydrogen-bond acceptors (Lipinski definition) is 4. The molecule has 106 valence electrons. The highest BCUT2D eigenvalue weighted by molar-refractivity contribution is 5.60. The van der Waals surface area contributed by atoms with E-state index in [-0.39, 0.29) is 12.1 Å². The first kappa shape index (κ1) is 14.0. The van der Waals surface area contributed by atoms with Crippen LogP contribution in [0.1, 0.15) is 32.6 Å². The minimum absolute atomic E-state index is 0.150. The van der Waals surface area contributed by atoms with Crippen molar-refractivity contribution in [2.24, 2.45) is 5.92 Å². The maximum atomic E-state index is 9.76. The van der Waals surface area contributed by atoms with E-state index >= 15 is 0 Å². The lowest BCUT2D eigenvalue weighted by molar-refractivity contribution is 0.155. The number of nitrogen functional groups attached to an aromatic ring is 1. The molecule has 0 amide bonds. The number of hydrogen-bond donors (Lipinski definition) is 3. The molecule has 0 aromatic heterocycles. The Labute approximate surface area is 115 Å². The van der Waals surface area contributed by atoms with Gasteiger partial charge in [0.05, 0.1) is 19.3 Å². The Bertz CT molecular complexity index is 426. The van der Waals surface area contributed by atoms with Crippen molar-refractivity contribution in [1.82, 2.24) is 0 Å². The molecule has 0 saturated heterocycles. The normalized spacial score (nSPS) is 27.0. The molecule has 1 aliphatic carbocycles. The molecule has 0 aliphatic heterocycles. The van der Waals surface area contributed by atoms with Crippen LogP contribution in [-0.2, 0) is 0 Å². The zero-order valence-electron chi connectivity index (χ0n) is 11.8. The SMILES string of the molecule is COc1cc(N)cc(NC2(CO)CCC(C)CC2)c1. The van der Waals surface area contributed by atoms with E-state index in [1.165, 1.54) is 0 Å². The quantitative estimate of drug-likeness (QED) is 0.731. The number of ether oxygens (including phenoxy) is 1. The van der Waals surface area contributed by atoms with Crippen molar-refractivity contribution in [3.05, 3.63) is 18.2 Å². The second-order valence-electron chi connectivity index (χ2n) is 5.74. The van der Waals surface area contributed by atoms with Crippen molar-refractivity contribution < 1.29 is 9.84 Å². The summed E-state index contributed by atoms with van der Waals surface area (Å²) in [6.45, 7) is 2.42. The van der Waals surface area contributed by atoms with Gasteiger partial charge in [0.1, 0.15) is 5.75 Å². The van der Waals surface area contributed by atoms with Gasteiger partial charge in [-0.2, -0.15) is 0 Å². The molecule has 0 radical (unpaired) electrons. The van der Waals surface area contributed by atoms with Gasteiger partial charge >= 0.3 is 0 Å². The number of aliphatic hydroxyl groups excluding tert-OH is 1.